The molecule has 0 aromatic heterocycles. The minimum atomic E-state index is -0.361. The lowest BCUT2D eigenvalue weighted by Gasteiger charge is -2.13. The molecule has 2 aromatic rings. The molecule has 0 aliphatic rings. The van der Waals surface area contributed by atoms with Gasteiger partial charge in [0.15, 0.2) is 0 Å². The van der Waals surface area contributed by atoms with E-state index >= 15 is 0 Å². The van der Waals surface area contributed by atoms with Gasteiger partial charge >= 0.3 is 0 Å². The van der Waals surface area contributed by atoms with Crippen LogP contribution < -0.4 is 11.1 Å². The largest absolute Gasteiger partial charge is 0.507 e. The topological polar surface area (TPSA) is 75.3 Å². The van der Waals surface area contributed by atoms with Gasteiger partial charge in [0.2, 0.25) is 0 Å². The van der Waals surface area contributed by atoms with Crippen molar-refractivity contribution in [1.82, 2.24) is 0 Å². The molecule has 5 heteroatoms. The normalized spacial score (nSPS) is 10.3. The van der Waals surface area contributed by atoms with Crippen LogP contribution in [0.15, 0.2) is 34.8 Å². The highest BCUT2D eigenvalue weighted by molar-refractivity contribution is 9.10. The Hall–Kier alpha value is -2.01. The number of amides is 1. The molecule has 20 heavy (non-hydrogen) atoms. The molecule has 0 saturated carbocycles. The van der Waals surface area contributed by atoms with Crippen LogP contribution in [0.25, 0.3) is 0 Å². The summed E-state index contributed by atoms with van der Waals surface area (Å²) in [6.07, 6.45) is 0. The number of aromatic hydroxyl groups is 1. The zero-order valence-corrected chi connectivity index (χ0v) is 12.8. The van der Waals surface area contributed by atoms with Crippen molar-refractivity contribution in [2.24, 2.45) is 0 Å². The Morgan fingerprint density at radius 1 is 1.20 bits per heavy atom. The van der Waals surface area contributed by atoms with Gasteiger partial charge in [-0.2, -0.15) is 0 Å². The quantitative estimate of drug-likeness (QED) is 0.734. The summed E-state index contributed by atoms with van der Waals surface area (Å²) in [6, 6.07) is 8.31. The highest BCUT2D eigenvalue weighted by Gasteiger charge is 2.14. The summed E-state index contributed by atoms with van der Waals surface area (Å²) in [5.41, 5.74) is 9.10. The second-order valence-corrected chi connectivity index (χ2v) is 5.56. The number of nitrogens with two attached hydrogens (primary N) is 1. The Labute approximate surface area is 125 Å². The molecule has 0 heterocycles. The molecule has 4 nitrogen and oxygen atoms in total. The molecule has 2 aromatic carbocycles. The second-order valence-electron chi connectivity index (χ2n) is 4.65. The third kappa shape index (κ3) is 2.93. The van der Waals surface area contributed by atoms with Gasteiger partial charge in [0.1, 0.15) is 5.75 Å². The first-order valence-electron chi connectivity index (χ1n) is 6.05. The summed E-state index contributed by atoms with van der Waals surface area (Å²) in [7, 11) is 0. The van der Waals surface area contributed by atoms with Crippen molar-refractivity contribution in [2.45, 2.75) is 13.8 Å². The summed E-state index contributed by atoms with van der Waals surface area (Å²) >= 11 is 3.28. The first-order chi connectivity index (χ1) is 9.38. The number of carbonyl (C=O) groups is 1. The molecule has 0 radical (unpaired) electrons. The van der Waals surface area contributed by atoms with Crippen molar-refractivity contribution in [3.05, 3.63) is 51.5 Å². The Morgan fingerprint density at radius 2 is 1.80 bits per heavy atom. The second kappa shape index (κ2) is 5.54. The van der Waals surface area contributed by atoms with Crippen LogP contribution in [0.5, 0.6) is 5.75 Å². The highest BCUT2D eigenvalue weighted by Crippen LogP contribution is 2.26. The lowest BCUT2D eigenvalue weighted by molar-refractivity contribution is 0.102. The number of nitrogen functional groups attached to an aromatic ring is 1. The minimum absolute atomic E-state index is 0.0588. The van der Waals surface area contributed by atoms with E-state index in [0.717, 1.165) is 15.6 Å². The van der Waals surface area contributed by atoms with Gasteiger partial charge in [-0.25, -0.2) is 0 Å². The SMILES string of the molecule is Cc1cc(N)cc(C)c1NC(=O)c1cc(Br)ccc1O. The Balaban J connectivity index is 2.35. The van der Waals surface area contributed by atoms with Crippen molar-refractivity contribution >= 4 is 33.2 Å². The van der Waals surface area contributed by atoms with E-state index in [0.29, 0.717) is 11.4 Å². The third-order valence-corrected chi connectivity index (χ3v) is 3.49. The highest BCUT2D eigenvalue weighted by atomic mass is 79.9. The van der Waals surface area contributed by atoms with Crippen LogP contribution in [0, 0.1) is 13.8 Å². The summed E-state index contributed by atoms with van der Waals surface area (Å²) < 4.78 is 0.728. The smallest absolute Gasteiger partial charge is 0.259 e. The lowest BCUT2D eigenvalue weighted by atomic mass is 10.1. The summed E-state index contributed by atoms with van der Waals surface area (Å²) in [6.45, 7) is 3.75. The van der Waals surface area contributed by atoms with Crippen LogP contribution in [0.1, 0.15) is 21.5 Å². The number of phenolic OH excluding ortho intramolecular Hbond substituents is 1. The fourth-order valence-corrected chi connectivity index (χ4v) is 2.43. The molecule has 0 bridgehead atoms. The molecule has 0 aliphatic carbocycles. The van der Waals surface area contributed by atoms with Gasteiger partial charge < -0.3 is 16.2 Å². The van der Waals surface area contributed by atoms with Gasteiger partial charge in [-0.3, -0.25) is 4.79 Å². The fraction of sp³-hybridized carbons (Fsp3) is 0.133. The van der Waals surface area contributed by atoms with Crippen LogP contribution >= 0.6 is 15.9 Å². The number of anilines is 2. The molecule has 0 fully saturated rings. The molecule has 0 saturated heterocycles. The first kappa shape index (κ1) is 14.4. The molecule has 0 spiro atoms. The predicted molar refractivity (Wildman–Crippen MR) is 84.1 cm³/mol. The fourth-order valence-electron chi connectivity index (χ4n) is 2.07. The predicted octanol–water partition coefficient (Wildman–Crippen LogP) is 3.61. The number of hydrogen-bond donors (Lipinski definition) is 3. The Morgan fingerprint density at radius 3 is 2.40 bits per heavy atom. The zero-order valence-electron chi connectivity index (χ0n) is 11.2. The van der Waals surface area contributed by atoms with Gasteiger partial charge in [-0.1, -0.05) is 15.9 Å². The van der Waals surface area contributed by atoms with Gasteiger partial charge in [-0.15, -0.1) is 0 Å². The van der Waals surface area contributed by atoms with Crippen molar-refractivity contribution < 1.29 is 9.90 Å². The van der Waals surface area contributed by atoms with Gasteiger partial charge in [0.05, 0.1) is 5.56 Å². The zero-order chi connectivity index (χ0) is 14.9. The average Bonchev–Trinajstić information content (AvgIpc) is 2.36. The molecule has 0 atom stereocenters. The van der Waals surface area contributed by atoms with Crippen molar-refractivity contribution in [2.75, 3.05) is 11.1 Å². The maximum absolute atomic E-state index is 12.3. The van der Waals surface area contributed by atoms with Gasteiger partial charge in [0, 0.05) is 15.8 Å². The van der Waals surface area contributed by atoms with Crippen molar-refractivity contribution in [3.8, 4) is 5.75 Å². The number of halogens is 1. The minimum Gasteiger partial charge on any atom is -0.507 e. The van der Waals surface area contributed by atoms with Crippen molar-refractivity contribution in [3.63, 3.8) is 0 Å². The summed E-state index contributed by atoms with van der Waals surface area (Å²) in [4.78, 5) is 12.3. The van der Waals surface area contributed by atoms with E-state index in [1.807, 2.05) is 13.8 Å². The third-order valence-electron chi connectivity index (χ3n) is 3.00. The van der Waals surface area contributed by atoms with Crippen LogP contribution in [-0.4, -0.2) is 11.0 Å². The van der Waals surface area contributed by atoms with E-state index in [4.69, 9.17) is 5.73 Å². The van der Waals surface area contributed by atoms with E-state index in [1.54, 1.807) is 24.3 Å². The molecule has 1 amide bonds. The number of carbonyl (C=O) groups excluding carboxylic acids is 1. The van der Waals surface area contributed by atoms with Crippen LogP contribution in [0.2, 0.25) is 0 Å². The number of phenols is 1. The molecule has 0 unspecified atom stereocenters. The summed E-state index contributed by atoms with van der Waals surface area (Å²) in [5, 5.41) is 12.6. The van der Waals surface area contributed by atoms with E-state index in [2.05, 4.69) is 21.2 Å². The van der Waals surface area contributed by atoms with Gasteiger partial charge in [0.25, 0.3) is 5.91 Å². The first-order valence-corrected chi connectivity index (χ1v) is 6.84. The monoisotopic (exact) mass is 334 g/mol. The molecule has 4 N–H and O–H groups in total. The van der Waals surface area contributed by atoms with Crippen LogP contribution in [0.4, 0.5) is 11.4 Å². The van der Waals surface area contributed by atoms with E-state index in [9.17, 15) is 9.90 Å². The number of rotatable bonds is 2. The maximum atomic E-state index is 12.3. The van der Waals surface area contributed by atoms with E-state index in [1.165, 1.54) is 6.07 Å². The average molecular weight is 335 g/mol. The maximum Gasteiger partial charge on any atom is 0.259 e. The number of benzene rings is 2. The molecular formula is C15H15BrN2O2. The number of nitrogens with one attached hydrogen (secondary N) is 1. The van der Waals surface area contributed by atoms with Crippen LogP contribution in [0.3, 0.4) is 0 Å². The number of hydrogen-bond acceptors (Lipinski definition) is 3. The van der Waals surface area contributed by atoms with Crippen LogP contribution in [-0.2, 0) is 0 Å². The Bertz CT molecular complexity index is 661. The summed E-state index contributed by atoms with van der Waals surface area (Å²) in [5.74, 6) is -0.420. The van der Waals surface area contributed by atoms with E-state index in [-0.39, 0.29) is 17.2 Å². The molecular weight excluding hydrogens is 320 g/mol. The van der Waals surface area contributed by atoms with E-state index < -0.39 is 0 Å². The standard InChI is InChI=1S/C15H15BrN2O2/c1-8-5-11(17)6-9(2)14(8)18-15(20)12-7-10(16)3-4-13(12)19/h3-7,19H,17H2,1-2H3,(H,18,20). The number of aryl methyl sites for hydroxylation is 2. The Kier molecular flexibility index (Phi) is 3.99. The van der Waals surface area contributed by atoms with Gasteiger partial charge in [-0.05, 0) is 55.3 Å². The van der Waals surface area contributed by atoms with Crippen molar-refractivity contribution in [1.29, 1.82) is 0 Å². The molecule has 2 rings (SSSR count). The molecule has 0 aliphatic heterocycles. The molecule has 104 valence electrons. The lowest BCUT2D eigenvalue weighted by Crippen LogP contribution is -2.14.